The van der Waals surface area contributed by atoms with E-state index in [0.717, 1.165) is 10.9 Å². The maximum atomic E-state index is 14.7. The molecule has 1 aliphatic heterocycles. The third kappa shape index (κ3) is 6.48. The number of amides is 1. The predicted octanol–water partition coefficient (Wildman–Crippen LogP) is 6.79. The Bertz CT molecular complexity index is 1410. The van der Waals surface area contributed by atoms with Crippen molar-refractivity contribution in [3.8, 4) is 0 Å². The second kappa shape index (κ2) is 11.9. The Morgan fingerprint density at radius 2 is 1.52 bits per heavy atom. The second-order valence-electron chi connectivity index (χ2n) is 13.5. The van der Waals surface area contributed by atoms with Crippen molar-refractivity contribution in [2.75, 3.05) is 13.6 Å². The Morgan fingerprint density at radius 3 is 2.00 bits per heavy atom. The Kier molecular flexibility index (Phi) is 9.25. The van der Waals surface area contributed by atoms with Gasteiger partial charge in [-0.1, -0.05) is 23.2 Å². The van der Waals surface area contributed by atoms with Crippen molar-refractivity contribution in [2.45, 2.75) is 102 Å². The quantitative estimate of drug-likeness (QED) is 0.326. The summed E-state index contributed by atoms with van der Waals surface area (Å²) in [7, 11) is 1.95. The van der Waals surface area contributed by atoms with Gasteiger partial charge in [-0.3, -0.25) is 28.9 Å². The lowest BCUT2D eigenvalue weighted by Gasteiger charge is -2.55. The number of halogens is 5. The number of likely N-dealkylation sites (tertiary alicyclic amines) is 1. The molecule has 0 bridgehead atoms. The zero-order chi connectivity index (χ0) is 33.0. The lowest BCUT2D eigenvalue weighted by Crippen LogP contribution is -2.63. The van der Waals surface area contributed by atoms with Crippen LogP contribution in [0.25, 0.3) is 0 Å². The molecule has 0 unspecified atom stereocenters. The van der Waals surface area contributed by atoms with E-state index in [2.05, 4.69) is 15.0 Å². The minimum Gasteiger partial charge on any atom is -0.481 e. The van der Waals surface area contributed by atoms with Crippen LogP contribution in [-0.2, 0) is 11.0 Å². The van der Waals surface area contributed by atoms with Crippen LogP contribution in [0.1, 0.15) is 106 Å². The van der Waals surface area contributed by atoms with Gasteiger partial charge in [0, 0.05) is 29.5 Å². The molecule has 1 saturated carbocycles. The molecule has 3 heterocycles. The topological polar surface area (TPSA) is 109 Å². The maximum Gasteiger partial charge on any atom is 0.433 e. The second-order valence-corrected chi connectivity index (χ2v) is 14.3. The highest BCUT2D eigenvalue weighted by Crippen LogP contribution is 2.44. The number of aliphatic carboxylic acids is 1. The number of carboxylic acid groups (broad SMARTS) is 1. The van der Waals surface area contributed by atoms with E-state index in [-0.39, 0.29) is 41.3 Å². The zero-order valence-corrected chi connectivity index (χ0v) is 27.1. The van der Waals surface area contributed by atoms with Crippen LogP contribution in [0, 0.1) is 5.41 Å². The van der Waals surface area contributed by atoms with Crippen LogP contribution in [0.15, 0.2) is 18.6 Å². The van der Waals surface area contributed by atoms with Crippen LogP contribution >= 0.6 is 23.2 Å². The number of aromatic nitrogens is 3. The fourth-order valence-corrected chi connectivity index (χ4v) is 7.32. The number of ketones is 1. The van der Waals surface area contributed by atoms with Crippen LogP contribution in [-0.4, -0.2) is 78.0 Å². The van der Waals surface area contributed by atoms with Gasteiger partial charge in [-0.15, -0.1) is 0 Å². The molecule has 44 heavy (non-hydrogen) atoms. The number of nitrogens with zero attached hydrogens (tertiary/aromatic N) is 5. The van der Waals surface area contributed by atoms with Crippen LogP contribution in [0.5, 0.6) is 0 Å². The Labute approximate surface area is 264 Å². The summed E-state index contributed by atoms with van der Waals surface area (Å²) in [6.45, 7) is 8.94. The molecule has 4 rings (SSSR count). The van der Waals surface area contributed by atoms with Gasteiger partial charge in [0.2, 0.25) is 0 Å². The van der Waals surface area contributed by atoms with Crippen LogP contribution in [0.3, 0.4) is 0 Å². The number of hydrogen-bond donors (Lipinski definition) is 1. The first-order chi connectivity index (χ1) is 20.2. The first kappa shape index (κ1) is 34.2. The number of alkyl halides is 3. The molecule has 1 N–H and O–H groups in total. The fourth-order valence-electron chi connectivity index (χ4n) is 6.75. The minimum absolute atomic E-state index is 0.0339. The van der Waals surface area contributed by atoms with Crippen molar-refractivity contribution in [1.82, 2.24) is 24.6 Å². The monoisotopic (exact) mass is 659 g/mol. The van der Waals surface area contributed by atoms with Crippen LogP contribution in [0.4, 0.5) is 13.2 Å². The van der Waals surface area contributed by atoms with Gasteiger partial charge in [-0.05, 0) is 80.2 Å². The normalized spacial score (nSPS) is 24.2. The van der Waals surface area contributed by atoms with E-state index in [1.807, 2.05) is 34.7 Å². The summed E-state index contributed by atoms with van der Waals surface area (Å²) < 4.78 is 45.0. The molecule has 0 atom stereocenters. The number of carboxylic acids is 1. The third-order valence-electron chi connectivity index (χ3n) is 9.65. The van der Waals surface area contributed by atoms with E-state index in [1.165, 1.54) is 17.3 Å². The van der Waals surface area contributed by atoms with Crippen molar-refractivity contribution in [3.05, 3.63) is 45.5 Å². The standard InChI is InChI=1S/C30H38Cl2F3N5O4/c1-27(2)11-18(12-28(3,4)38(27)6)39(16-22(41)23-20(31)14-36-15-21(23)32)25(42)19-13-37-40(24(19)30(33,34)35)17-7-9-29(5,10-8-17)26(43)44/h13-15,17-18H,7-12,16H2,1-6H3,(H,43,44)/t17-,29-. The van der Waals surface area contributed by atoms with Gasteiger partial charge in [-0.25, -0.2) is 0 Å². The molecule has 2 aromatic rings. The lowest BCUT2D eigenvalue weighted by atomic mass is 9.74. The van der Waals surface area contributed by atoms with Gasteiger partial charge in [0.1, 0.15) is 0 Å². The number of carbonyl (C=O) groups excluding carboxylic acids is 2. The van der Waals surface area contributed by atoms with E-state index in [4.69, 9.17) is 23.2 Å². The van der Waals surface area contributed by atoms with Gasteiger partial charge in [0.25, 0.3) is 5.91 Å². The van der Waals surface area contributed by atoms with E-state index < -0.39 is 70.2 Å². The first-order valence-corrected chi connectivity index (χ1v) is 15.2. The highest BCUT2D eigenvalue weighted by molar-refractivity contribution is 6.39. The number of carbonyl (C=O) groups is 3. The maximum absolute atomic E-state index is 14.7. The summed E-state index contributed by atoms with van der Waals surface area (Å²) in [6, 6.07) is -1.35. The van der Waals surface area contributed by atoms with Gasteiger partial charge >= 0.3 is 12.1 Å². The highest BCUT2D eigenvalue weighted by atomic mass is 35.5. The number of rotatable bonds is 7. The van der Waals surface area contributed by atoms with Crippen molar-refractivity contribution in [2.24, 2.45) is 5.41 Å². The van der Waals surface area contributed by atoms with Gasteiger partial charge in [-0.2, -0.15) is 18.3 Å². The SMILES string of the molecule is CN1C(C)(C)CC(N(CC(=O)c2c(Cl)cncc2Cl)C(=O)c2cnn([C@H]3CC[C@](C)(C(=O)O)CC3)c2C(F)(F)F)CC1(C)C. The van der Waals surface area contributed by atoms with Gasteiger partial charge in [0.05, 0.1) is 45.4 Å². The molecule has 2 fully saturated rings. The third-order valence-corrected chi connectivity index (χ3v) is 10.2. The highest BCUT2D eigenvalue weighted by Gasteiger charge is 2.49. The number of pyridine rings is 1. The van der Waals surface area contributed by atoms with Gasteiger partial charge in [0.15, 0.2) is 11.5 Å². The Hall–Kier alpha value is -2.70. The van der Waals surface area contributed by atoms with E-state index in [9.17, 15) is 32.7 Å². The zero-order valence-electron chi connectivity index (χ0n) is 25.6. The Balaban J connectivity index is 1.77. The molecule has 1 amide bonds. The Morgan fingerprint density at radius 1 is 1.00 bits per heavy atom. The van der Waals surface area contributed by atoms with Crippen molar-refractivity contribution in [3.63, 3.8) is 0 Å². The molecule has 2 aromatic heterocycles. The summed E-state index contributed by atoms with van der Waals surface area (Å²) in [5, 5.41) is 13.5. The number of piperidine rings is 1. The summed E-state index contributed by atoms with van der Waals surface area (Å²) in [5.41, 5.74) is -3.91. The molecule has 0 radical (unpaired) electrons. The van der Waals surface area contributed by atoms with E-state index in [1.54, 1.807) is 6.92 Å². The van der Waals surface area contributed by atoms with Crippen LogP contribution in [0.2, 0.25) is 10.0 Å². The molecule has 1 saturated heterocycles. The fraction of sp³-hybridized carbons (Fsp3) is 0.633. The van der Waals surface area contributed by atoms with Gasteiger partial charge < -0.3 is 10.0 Å². The minimum atomic E-state index is -4.95. The molecular formula is C30H38Cl2F3N5O4. The molecular weight excluding hydrogens is 622 g/mol. The molecule has 2 aliphatic rings. The molecule has 242 valence electrons. The van der Waals surface area contributed by atoms with Crippen molar-refractivity contribution < 1.29 is 32.7 Å². The number of Topliss-reactive ketones (excluding diaryl/α,β-unsaturated/α-hetero) is 1. The molecule has 1 aliphatic carbocycles. The largest absolute Gasteiger partial charge is 0.481 e. The molecule has 9 nitrogen and oxygen atoms in total. The van der Waals surface area contributed by atoms with E-state index >= 15 is 0 Å². The average Bonchev–Trinajstić information content (AvgIpc) is 3.36. The summed E-state index contributed by atoms with van der Waals surface area (Å²) in [4.78, 5) is 46.8. The first-order valence-electron chi connectivity index (χ1n) is 14.4. The predicted molar refractivity (Wildman–Crippen MR) is 159 cm³/mol. The van der Waals surface area contributed by atoms with Crippen molar-refractivity contribution in [1.29, 1.82) is 0 Å². The molecule has 0 aromatic carbocycles. The summed E-state index contributed by atoms with van der Waals surface area (Å²) in [6.07, 6.45) is -0.160. The van der Waals surface area contributed by atoms with Crippen LogP contribution < -0.4 is 0 Å². The molecule has 0 spiro atoms. The smallest absolute Gasteiger partial charge is 0.433 e. The van der Waals surface area contributed by atoms with E-state index in [0.29, 0.717) is 12.8 Å². The van der Waals surface area contributed by atoms with Crippen molar-refractivity contribution >= 4 is 40.9 Å². The number of hydrogen-bond acceptors (Lipinski definition) is 6. The summed E-state index contributed by atoms with van der Waals surface area (Å²) >= 11 is 12.5. The average molecular weight is 661 g/mol. The lowest BCUT2D eigenvalue weighted by molar-refractivity contribution is -0.152. The molecule has 14 heteroatoms. The summed E-state index contributed by atoms with van der Waals surface area (Å²) in [5.74, 6) is -2.61.